The van der Waals surface area contributed by atoms with Crippen LogP contribution in [0.4, 0.5) is 4.79 Å². The molecule has 0 spiro atoms. The average Bonchev–Trinajstić information content (AvgIpc) is 2.39. The van der Waals surface area contributed by atoms with Crippen molar-refractivity contribution in [2.24, 2.45) is 5.28 Å². The Balaban J connectivity index is 4.00. The molecule has 0 radical (unpaired) electrons. The number of hydrogen-bond donors (Lipinski definition) is 1. The predicted octanol–water partition coefficient (Wildman–Crippen LogP) is 1.80. The fraction of sp³-hybridized carbons (Fsp3) is 0.917. The number of aliphatic hydroxyl groups excluding tert-OH is 1. The highest BCUT2D eigenvalue weighted by atomic mass is 16.8. The molecule has 124 valence electrons. The molecule has 0 aliphatic carbocycles. The van der Waals surface area contributed by atoms with Crippen molar-refractivity contribution in [2.75, 3.05) is 20.2 Å². The van der Waals surface area contributed by atoms with Crippen LogP contribution in [0, 0.1) is 5.21 Å². The molecule has 1 N–H and O–H groups in total. The van der Waals surface area contributed by atoms with E-state index in [0.29, 0.717) is 13.0 Å². The summed E-state index contributed by atoms with van der Waals surface area (Å²) in [6.07, 6.45) is 0.0397. The fourth-order valence-electron chi connectivity index (χ4n) is 1.26. The summed E-state index contributed by atoms with van der Waals surface area (Å²) in [6.45, 7) is 5.39. The lowest BCUT2D eigenvalue weighted by atomic mass is 10.2. The standard InChI is InChI=1S/C12H25N3O6/c1-10(2)19-12(17)20-11(3)21-13-15(18)14(4)8-6-5-7-9-16/h10-11,16H,5-9H2,1-4H3. The first-order valence-electron chi connectivity index (χ1n) is 6.90. The van der Waals surface area contributed by atoms with Gasteiger partial charge in [-0.25, -0.2) is 4.79 Å². The number of hydrazine groups is 1. The Kier molecular flexibility index (Phi) is 10.0. The molecular weight excluding hydrogens is 282 g/mol. The van der Waals surface area contributed by atoms with Crippen molar-refractivity contribution in [1.29, 1.82) is 0 Å². The summed E-state index contributed by atoms with van der Waals surface area (Å²) in [5.41, 5.74) is 0. The van der Waals surface area contributed by atoms with Crippen molar-refractivity contribution in [3.8, 4) is 0 Å². The Hall–Kier alpha value is -1.77. The summed E-state index contributed by atoms with van der Waals surface area (Å²) in [6, 6.07) is 0. The Morgan fingerprint density at radius 1 is 1.29 bits per heavy atom. The van der Waals surface area contributed by atoms with Gasteiger partial charge < -0.3 is 19.8 Å². The van der Waals surface area contributed by atoms with Gasteiger partial charge in [0, 0.05) is 13.5 Å². The van der Waals surface area contributed by atoms with Crippen LogP contribution in [0.3, 0.4) is 0 Å². The zero-order valence-electron chi connectivity index (χ0n) is 13.0. The summed E-state index contributed by atoms with van der Waals surface area (Å²) in [5.74, 6) is 0. The zero-order chi connectivity index (χ0) is 16.3. The highest BCUT2D eigenvalue weighted by molar-refractivity contribution is 5.60. The number of hydrogen-bond acceptors (Lipinski definition) is 7. The molecule has 1 unspecified atom stereocenters. The van der Waals surface area contributed by atoms with Crippen molar-refractivity contribution < 1.29 is 29.2 Å². The Morgan fingerprint density at radius 2 is 1.95 bits per heavy atom. The van der Waals surface area contributed by atoms with Crippen LogP contribution in [-0.4, -0.2) is 53.8 Å². The highest BCUT2D eigenvalue weighted by Gasteiger charge is 2.15. The van der Waals surface area contributed by atoms with E-state index in [4.69, 9.17) is 19.4 Å². The normalized spacial score (nSPS) is 13.0. The van der Waals surface area contributed by atoms with Crippen LogP contribution in [0.15, 0.2) is 5.28 Å². The van der Waals surface area contributed by atoms with Gasteiger partial charge in [-0.15, -0.1) is 5.01 Å². The minimum Gasteiger partial charge on any atom is -0.569 e. The fourth-order valence-corrected chi connectivity index (χ4v) is 1.26. The number of carbonyl (C=O) groups excluding carboxylic acids is 1. The minimum atomic E-state index is -1.03. The van der Waals surface area contributed by atoms with E-state index in [1.54, 1.807) is 20.9 Å². The molecule has 0 aliphatic rings. The molecular formula is C12H25N3O6. The molecule has 0 saturated carbocycles. The van der Waals surface area contributed by atoms with Crippen LogP contribution in [0.2, 0.25) is 0 Å². The van der Waals surface area contributed by atoms with E-state index in [-0.39, 0.29) is 17.7 Å². The molecule has 21 heavy (non-hydrogen) atoms. The van der Waals surface area contributed by atoms with Crippen molar-refractivity contribution in [3.05, 3.63) is 5.21 Å². The average molecular weight is 307 g/mol. The third-order valence-electron chi connectivity index (χ3n) is 2.29. The van der Waals surface area contributed by atoms with E-state index < -0.39 is 12.4 Å². The molecule has 0 aromatic heterocycles. The predicted molar refractivity (Wildman–Crippen MR) is 72.9 cm³/mol. The summed E-state index contributed by atoms with van der Waals surface area (Å²) in [7, 11) is 1.55. The maximum Gasteiger partial charge on any atom is 0.511 e. The summed E-state index contributed by atoms with van der Waals surface area (Å²) >= 11 is 0. The van der Waals surface area contributed by atoms with E-state index in [2.05, 4.69) is 5.28 Å². The first-order chi connectivity index (χ1) is 9.86. The number of unbranched alkanes of at least 4 members (excludes halogenated alkanes) is 2. The van der Waals surface area contributed by atoms with E-state index in [1.807, 2.05) is 0 Å². The maximum atomic E-state index is 11.5. The number of nitrogens with zero attached hydrogens (tertiary/aromatic N) is 3. The Morgan fingerprint density at radius 3 is 2.52 bits per heavy atom. The lowest BCUT2D eigenvalue weighted by molar-refractivity contribution is -0.707. The van der Waals surface area contributed by atoms with E-state index in [1.165, 1.54) is 11.9 Å². The molecule has 0 fully saturated rings. The number of aliphatic hydroxyl groups is 1. The first kappa shape index (κ1) is 19.2. The molecule has 0 aromatic rings. The van der Waals surface area contributed by atoms with Crippen molar-refractivity contribution in [2.45, 2.75) is 52.4 Å². The van der Waals surface area contributed by atoms with Crippen LogP contribution in [0.5, 0.6) is 0 Å². The number of ether oxygens (including phenoxy) is 2. The molecule has 0 aliphatic heterocycles. The van der Waals surface area contributed by atoms with Crippen molar-refractivity contribution in [3.63, 3.8) is 0 Å². The second kappa shape index (κ2) is 11.0. The SMILES string of the molecule is CC(C)OC(=O)OC(C)ON=[N+]([O-])N(C)CCCCCO. The molecule has 0 rings (SSSR count). The largest absolute Gasteiger partial charge is 0.569 e. The molecule has 0 heterocycles. The van der Waals surface area contributed by atoms with E-state index in [0.717, 1.165) is 12.8 Å². The van der Waals surface area contributed by atoms with Gasteiger partial charge in [0.05, 0.1) is 24.7 Å². The smallest absolute Gasteiger partial charge is 0.511 e. The molecule has 0 aromatic carbocycles. The maximum absolute atomic E-state index is 11.5. The van der Waals surface area contributed by atoms with Crippen LogP contribution < -0.4 is 0 Å². The van der Waals surface area contributed by atoms with Crippen LogP contribution >= 0.6 is 0 Å². The zero-order valence-corrected chi connectivity index (χ0v) is 13.0. The monoisotopic (exact) mass is 307 g/mol. The Bertz CT molecular complexity index is 324. The molecule has 1 atom stereocenters. The lowest BCUT2D eigenvalue weighted by Gasteiger charge is -2.14. The third kappa shape index (κ3) is 10.7. The van der Waals surface area contributed by atoms with Crippen LogP contribution in [0.1, 0.15) is 40.0 Å². The third-order valence-corrected chi connectivity index (χ3v) is 2.29. The van der Waals surface area contributed by atoms with Gasteiger partial charge in [-0.1, -0.05) is 0 Å². The lowest BCUT2D eigenvalue weighted by Crippen LogP contribution is -2.28. The van der Waals surface area contributed by atoms with E-state index >= 15 is 0 Å². The Labute approximate surface area is 124 Å². The van der Waals surface area contributed by atoms with Crippen molar-refractivity contribution >= 4 is 6.16 Å². The second-order valence-electron chi connectivity index (χ2n) is 4.71. The second-order valence-corrected chi connectivity index (χ2v) is 4.71. The van der Waals surface area contributed by atoms with Gasteiger partial charge in [0.2, 0.25) is 5.28 Å². The molecule has 0 bridgehead atoms. The summed E-state index contributed by atoms with van der Waals surface area (Å²) in [5, 5.41) is 24.7. The molecule has 0 amide bonds. The summed E-state index contributed by atoms with van der Waals surface area (Å²) in [4.78, 5) is 16.2. The van der Waals surface area contributed by atoms with Gasteiger partial charge in [0.25, 0.3) is 6.29 Å². The van der Waals surface area contributed by atoms with Crippen molar-refractivity contribution in [1.82, 2.24) is 5.01 Å². The van der Waals surface area contributed by atoms with Gasteiger partial charge in [0.15, 0.2) is 0 Å². The highest BCUT2D eigenvalue weighted by Crippen LogP contribution is 2.02. The van der Waals surface area contributed by atoms with Gasteiger partial charge >= 0.3 is 6.16 Å². The van der Waals surface area contributed by atoms with Gasteiger partial charge in [0.1, 0.15) is 0 Å². The first-order valence-corrected chi connectivity index (χ1v) is 6.90. The quantitative estimate of drug-likeness (QED) is 0.164. The van der Waals surface area contributed by atoms with Gasteiger partial charge in [-0.2, -0.15) is 0 Å². The van der Waals surface area contributed by atoms with Crippen LogP contribution in [-0.2, 0) is 14.3 Å². The number of rotatable bonds is 10. The molecule has 0 saturated heterocycles. The van der Waals surface area contributed by atoms with Gasteiger partial charge in [-0.3, -0.25) is 4.84 Å². The van der Waals surface area contributed by atoms with Crippen LogP contribution in [0.25, 0.3) is 0 Å². The topological polar surface area (TPSA) is 107 Å². The minimum absolute atomic E-state index is 0.139. The molecule has 9 heteroatoms. The molecule has 9 nitrogen and oxygen atoms in total. The van der Waals surface area contributed by atoms with E-state index in [9.17, 15) is 10.0 Å². The van der Waals surface area contributed by atoms with Gasteiger partial charge in [-0.05, 0) is 33.1 Å². The summed E-state index contributed by atoms with van der Waals surface area (Å²) < 4.78 is 9.46. The number of carbonyl (C=O) groups is 1.